The molecule has 6 nitrogen and oxygen atoms in total. The molecular formula is C14H17N3O3. The molecule has 106 valence electrons. The van der Waals surface area contributed by atoms with Crippen LogP contribution >= 0.6 is 0 Å². The standard InChI is InChI=1S/C14H17N3O3/c1-19-8-7-16-14(18)11(9-15)10-17-12-5-3-4-6-13(12)20-2/h3-6,10,17H,7-8H2,1-2H3,(H,16,18)/b11-10-. The van der Waals surface area contributed by atoms with Gasteiger partial charge in [-0.15, -0.1) is 0 Å². The number of ether oxygens (including phenoxy) is 2. The number of methoxy groups -OCH3 is 2. The summed E-state index contributed by atoms with van der Waals surface area (Å²) in [7, 11) is 3.09. The molecule has 1 aromatic rings. The summed E-state index contributed by atoms with van der Waals surface area (Å²) < 4.78 is 9.98. The Bertz CT molecular complexity index is 521. The highest BCUT2D eigenvalue weighted by molar-refractivity contribution is 5.97. The Morgan fingerprint density at radius 2 is 2.15 bits per heavy atom. The third-order valence-electron chi connectivity index (χ3n) is 2.44. The first kappa shape index (κ1) is 15.5. The number of nitrogens with one attached hydrogen (secondary N) is 2. The third kappa shape index (κ3) is 4.63. The van der Waals surface area contributed by atoms with Crippen LogP contribution in [0.15, 0.2) is 36.0 Å². The van der Waals surface area contributed by atoms with Crippen molar-refractivity contribution in [3.63, 3.8) is 0 Å². The van der Waals surface area contributed by atoms with Gasteiger partial charge < -0.3 is 20.1 Å². The van der Waals surface area contributed by atoms with Gasteiger partial charge in [-0.2, -0.15) is 5.26 Å². The summed E-state index contributed by atoms with van der Waals surface area (Å²) >= 11 is 0. The van der Waals surface area contributed by atoms with Crippen molar-refractivity contribution < 1.29 is 14.3 Å². The number of hydrogen-bond donors (Lipinski definition) is 2. The molecule has 20 heavy (non-hydrogen) atoms. The Morgan fingerprint density at radius 1 is 1.40 bits per heavy atom. The number of amides is 1. The Labute approximate surface area is 118 Å². The predicted octanol–water partition coefficient (Wildman–Crippen LogP) is 1.28. The molecule has 0 bridgehead atoms. The summed E-state index contributed by atoms with van der Waals surface area (Å²) in [5.74, 6) is 0.174. The fraction of sp³-hybridized carbons (Fsp3) is 0.286. The van der Waals surface area contributed by atoms with Gasteiger partial charge in [-0.3, -0.25) is 4.79 Å². The first-order valence-electron chi connectivity index (χ1n) is 6.00. The largest absolute Gasteiger partial charge is 0.495 e. The van der Waals surface area contributed by atoms with Gasteiger partial charge in [0.05, 0.1) is 19.4 Å². The van der Waals surface area contributed by atoms with Crippen LogP contribution in [0.5, 0.6) is 5.75 Å². The van der Waals surface area contributed by atoms with Crippen LogP contribution < -0.4 is 15.4 Å². The number of anilines is 1. The number of nitrogens with zero attached hydrogens (tertiary/aromatic N) is 1. The van der Waals surface area contributed by atoms with E-state index in [1.807, 2.05) is 18.2 Å². The van der Waals surface area contributed by atoms with Crippen LogP contribution in [0.1, 0.15) is 0 Å². The topological polar surface area (TPSA) is 83.4 Å². The van der Waals surface area contributed by atoms with Crippen molar-refractivity contribution in [3.05, 3.63) is 36.0 Å². The minimum absolute atomic E-state index is 0.0213. The van der Waals surface area contributed by atoms with Crippen molar-refractivity contribution >= 4 is 11.6 Å². The maximum absolute atomic E-state index is 11.7. The third-order valence-corrected chi connectivity index (χ3v) is 2.44. The smallest absolute Gasteiger partial charge is 0.263 e. The molecule has 0 aliphatic rings. The summed E-state index contributed by atoms with van der Waals surface area (Å²) in [5.41, 5.74) is 0.652. The Balaban J connectivity index is 2.70. The van der Waals surface area contributed by atoms with E-state index in [0.29, 0.717) is 24.6 Å². The molecule has 0 atom stereocenters. The van der Waals surface area contributed by atoms with Crippen LogP contribution in [0.25, 0.3) is 0 Å². The van der Waals surface area contributed by atoms with Gasteiger partial charge in [-0.25, -0.2) is 0 Å². The number of nitriles is 1. The van der Waals surface area contributed by atoms with Gasteiger partial charge in [-0.1, -0.05) is 12.1 Å². The lowest BCUT2D eigenvalue weighted by Gasteiger charge is -2.08. The predicted molar refractivity (Wildman–Crippen MR) is 75.2 cm³/mol. The second-order valence-electron chi connectivity index (χ2n) is 3.76. The van der Waals surface area contributed by atoms with E-state index in [-0.39, 0.29) is 5.57 Å². The van der Waals surface area contributed by atoms with Crippen molar-refractivity contribution in [1.82, 2.24) is 5.32 Å². The van der Waals surface area contributed by atoms with Crippen molar-refractivity contribution in [2.45, 2.75) is 0 Å². The van der Waals surface area contributed by atoms with Crippen LogP contribution in [-0.4, -0.2) is 33.3 Å². The molecule has 0 heterocycles. The normalized spacial score (nSPS) is 10.6. The summed E-state index contributed by atoms with van der Waals surface area (Å²) in [6.07, 6.45) is 1.35. The number of hydrogen-bond acceptors (Lipinski definition) is 5. The minimum atomic E-state index is -0.452. The highest BCUT2D eigenvalue weighted by Gasteiger charge is 2.08. The lowest BCUT2D eigenvalue weighted by molar-refractivity contribution is -0.117. The molecule has 0 spiro atoms. The van der Waals surface area contributed by atoms with Crippen molar-refractivity contribution in [2.24, 2.45) is 0 Å². The molecular weight excluding hydrogens is 258 g/mol. The lowest BCUT2D eigenvalue weighted by atomic mass is 10.2. The minimum Gasteiger partial charge on any atom is -0.495 e. The lowest BCUT2D eigenvalue weighted by Crippen LogP contribution is -2.28. The highest BCUT2D eigenvalue weighted by Crippen LogP contribution is 2.23. The van der Waals surface area contributed by atoms with Crippen LogP contribution in [0.2, 0.25) is 0 Å². The molecule has 1 amide bonds. The van der Waals surface area contributed by atoms with E-state index in [9.17, 15) is 4.79 Å². The van der Waals surface area contributed by atoms with Gasteiger partial charge in [0.1, 0.15) is 17.4 Å². The summed E-state index contributed by atoms with van der Waals surface area (Å²) in [5, 5.41) is 14.4. The highest BCUT2D eigenvalue weighted by atomic mass is 16.5. The van der Waals surface area contributed by atoms with Gasteiger partial charge in [0, 0.05) is 19.9 Å². The van der Waals surface area contributed by atoms with E-state index in [2.05, 4.69) is 10.6 Å². The molecule has 0 aromatic heterocycles. The molecule has 0 saturated heterocycles. The average Bonchev–Trinajstić information content (AvgIpc) is 2.48. The zero-order valence-electron chi connectivity index (χ0n) is 11.5. The second-order valence-corrected chi connectivity index (χ2v) is 3.76. The van der Waals surface area contributed by atoms with Gasteiger partial charge in [0.15, 0.2) is 0 Å². The average molecular weight is 275 g/mol. The van der Waals surface area contributed by atoms with E-state index in [0.717, 1.165) is 0 Å². The molecule has 0 radical (unpaired) electrons. The number of rotatable bonds is 7. The summed E-state index contributed by atoms with van der Waals surface area (Å²) in [6, 6.07) is 9.06. The maximum Gasteiger partial charge on any atom is 0.263 e. The van der Waals surface area contributed by atoms with Crippen molar-refractivity contribution in [1.29, 1.82) is 5.26 Å². The first-order chi connectivity index (χ1) is 9.72. The zero-order valence-corrected chi connectivity index (χ0v) is 11.5. The van der Waals surface area contributed by atoms with Crippen molar-refractivity contribution in [3.8, 4) is 11.8 Å². The van der Waals surface area contributed by atoms with Crippen LogP contribution in [0.3, 0.4) is 0 Å². The second kappa shape index (κ2) is 8.56. The molecule has 0 saturated carbocycles. The molecule has 0 unspecified atom stereocenters. The molecule has 0 aliphatic carbocycles. The van der Waals surface area contributed by atoms with Gasteiger partial charge in [0.2, 0.25) is 0 Å². The van der Waals surface area contributed by atoms with E-state index >= 15 is 0 Å². The van der Waals surface area contributed by atoms with Gasteiger partial charge in [0.25, 0.3) is 5.91 Å². The van der Waals surface area contributed by atoms with Crippen molar-refractivity contribution in [2.75, 3.05) is 32.7 Å². The SMILES string of the molecule is COCCNC(=O)/C(C#N)=C\Nc1ccccc1OC. The number of carbonyl (C=O) groups is 1. The van der Waals surface area contributed by atoms with Crippen LogP contribution in [0, 0.1) is 11.3 Å². The molecule has 0 aliphatic heterocycles. The molecule has 1 rings (SSSR count). The van der Waals surface area contributed by atoms with Gasteiger partial charge in [-0.05, 0) is 12.1 Å². The Morgan fingerprint density at radius 3 is 2.80 bits per heavy atom. The fourth-order valence-electron chi connectivity index (χ4n) is 1.42. The number of carbonyl (C=O) groups excluding carboxylic acids is 1. The summed E-state index contributed by atoms with van der Waals surface area (Å²) in [4.78, 5) is 11.7. The van der Waals surface area contributed by atoms with E-state index in [1.165, 1.54) is 13.3 Å². The Hall–Kier alpha value is -2.52. The summed E-state index contributed by atoms with van der Waals surface area (Å²) in [6.45, 7) is 0.743. The maximum atomic E-state index is 11.7. The molecule has 1 aromatic carbocycles. The quantitative estimate of drug-likeness (QED) is 0.445. The van der Waals surface area contributed by atoms with Crippen LogP contribution in [-0.2, 0) is 9.53 Å². The molecule has 0 fully saturated rings. The number of benzene rings is 1. The first-order valence-corrected chi connectivity index (χ1v) is 6.00. The fourth-order valence-corrected chi connectivity index (χ4v) is 1.42. The number of para-hydroxylation sites is 2. The monoisotopic (exact) mass is 275 g/mol. The Kier molecular flexibility index (Phi) is 6.65. The zero-order chi connectivity index (χ0) is 14.8. The van der Waals surface area contributed by atoms with E-state index < -0.39 is 5.91 Å². The van der Waals surface area contributed by atoms with Gasteiger partial charge >= 0.3 is 0 Å². The van der Waals surface area contributed by atoms with E-state index in [4.69, 9.17) is 14.7 Å². The van der Waals surface area contributed by atoms with Crippen LogP contribution in [0.4, 0.5) is 5.69 Å². The van der Waals surface area contributed by atoms with E-state index in [1.54, 1.807) is 19.2 Å². The molecule has 2 N–H and O–H groups in total. The molecule has 6 heteroatoms.